The summed E-state index contributed by atoms with van der Waals surface area (Å²) in [6.07, 6.45) is 0.182. The normalized spacial score (nSPS) is 12.5. The fraction of sp³-hybridized carbons (Fsp3) is 0.286. The number of ether oxygens (including phenoxy) is 1. The second-order valence-electron chi connectivity index (χ2n) is 6.57. The van der Waals surface area contributed by atoms with Crippen LogP contribution < -0.4 is 21.1 Å². The summed E-state index contributed by atoms with van der Waals surface area (Å²) < 4.78 is 18.7. The van der Waals surface area contributed by atoms with Gasteiger partial charge < -0.3 is 21.1 Å². The maximum absolute atomic E-state index is 13.4. The molecule has 29 heavy (non-hydrogen) atoms. The molecule has 0 saturated heterocycles. The van der Waals surface area contributed by atoms with E-state index in [2.05, 4.69) is 10.6 Å². The molecule has 0 radical (unpaired) electrons. The van der Waals surface area contributed by atoms with Gasteiger partial charge in [0.05, 0.1) is 7.11 Å². The quantitative estimate of drug-likeness (QED) is 0.584. The van der Waals surface area contributed by atoms with Crippen LogP contribution in [-0.2, 0) is 27.2 Å². The van der Waals surface area contributed by atoms with Gasteiger partial charge in [-0.3, -0.25) is 14.4 Å². The van der Waals surface area contributed by atoms with Crippen LogP contribution in [0.1, 0.15) is 18.1 Å². The van der Waals surface area contributed by atoms with Crippen LogP contribution in [0.15, 0.2) is 48.5 Å². The number of halogens is 1. The van der Waals surface area contributed by atoms with Crippen LogP contribution in [0.5, 0.6) is 5.75 Å². The molecule has 2 atom stereocenters. The second-order valence-corrected chi connectivity index (χ2v) is 6.57. The molecule has 2 rings (SSSR count). The van der Waals surface area contributed by atoms with Crippen molar-refractivity contribution < 1.29 is 23.5 Å². The fourth-order valence-electron chi connectivity index (χ4n) is 2.94. The first kappa shape index (κ1) is 21.9. The van der Waals surface area contributed by atoms with E-state index < -0.39 is 35.6 Å². The van der Waals surface area contributed by atoms with Crippen LogP contribution in [0.2, 0.25) is 0 Å². The van der Waals surface area contributed by atoms with Crippen LogP contribution in [0.3, 0.4) is 0 Å². The van der Waals surface area contributed by atoms with Crippen LogP contribution >= 0.6 is 0 Å². The maximum atomic E-state index is 13.4. The molecule has 154 valence electrons. The van der Waals surface area contributed by atoms with Crippen LogP contribution in [0.25, 0.3) is 0 Å². The van der Waals surface area contributed by atoms with E-state index >= 15 is 0 Å². The minimum absolute atomic E-state index is 0.0588. The van der Waals surface area contributed by atoms with Crippen molar-refractivity contribution in [2.24, 2.45) is 5.73 Å². The number of hydrogen-bond acceptors (Lipinski definition) is 4. The van der Waals surface area contributed by atoms with Crippen molar-refractivity contribution in [1.29, 1.82) is 0 Å². The van der Waals surface area contributed by atoms with Gasteiger partial charge in [0.1, 0.15) is 23.7 Å². The molecule has 0 spiro atoms. The average Bonchev–Trinajstić information content (AvgIpc) is 2.66. The Balaban J connectivity index is 2.17. The van der Waals surface area contributed by atoms with Gasteiger partial charge in [0.2, 0.25) is 17.7 Å². The van der Waals surface area contributed by atoms with Crippen molar-refractivity contribution in [3.63, 3.8) is 0 Å². The molecule has 0 aliphatic rings. The number of rotatable bonds is 9. The summed E-state index contributed by atoms with van der Waals surface area (Å²) in [5.41, 5.74) is 6.69. The van der Waals surface area contributed by atoms with Gasteiger partial charge >= 0.3 is 0 Å². The molecule has 3 amide bonds. The Kier molecular flexibility index (Phi) is 7.70. The third-order valence-corrected chi connectivity index (χ3v) is 4.30. The lowest BCUT2D eigenvalue weighted by Gasteiger charge is -2.22. The molecule has 8 heteroatoms. The Bertz CT molecular complexity index is 888. The Hall–Kier alpha value is -3.42. The van der Waals surface area contributed by atoms with Gasteiger partial charge in [-0.05, 0) is 29.3 Å². The molecule has 7 nitrogen and oxygen atoms in total. The van der Waals surface area contributed by atoms with Crippen molar-refractivity contribution in [3.8, 4) is 5.75 Å². The standard InChI is InChI=1S/C21H24FN3O4/c1-13(26)24-18(11-14-6-5-8-16(22)10-14)21(28)25-17(20(23)27)12-15-7-3-4-9-19(15)29-2/h3-10,17-18H,11-12H2,1-2H3,(H2,23,27)(H,24,26)(H,25,28)/t17-,18-/m0/s1. The highest BCUT2D eigenvalue weighted by atomic mass is 19.1. The lowest BCUT2D eigenvalue weighted by Crippen LogP contribution is -2.54. The zero-order chi connectivity index (χ0) is 21.4. The van der Waals surface area contributed by atoms with Crippen molar-refractivity contribution >= 4 is 17.7 Å². The summed E-state index contributed by atoms with van der Waals surface area (Å²) in [6.45, 7) is 1.27. The lowest BCUT2D eigenvalue weighted by molar-refractivity contribution is -0.130. The molecular formula is C21H24FN3O4. The minimum Gasteiger partial charge on any atom is -0.496 e. The van der Waals surface area contributed by atoms with Crippen molar-refractivity contribution in [3.05, 3.63) is 65.5 Å². The Morgan fingerprint density at radius 3 is 2.38 bits per heavy atom. The number of amides is 3. The number of methoxy groups -OCH3 is 1. The summed E-state index contributed by atoms with van der Waals surface area (Å²) in [4.78, 5) is 36.2. The summed E-state index contributed by atoms with van der Waals surface area (Å²) in [7, 11) is 1.50. The van der Waals surface area contributed by atoms with Crippen molar-refractivity contribution in [2.75, 3.05) is 7.11 Å². The number of carbonyl (C=O) groups is 3. The van der Waals surface area contributed by atoms with E-state index in [9.17, 15) is 18.8 Å². The number of nitrogens with two attached hydrogens (primary N) is 1. The van der Waals surface area contributed by atoms with E-state index in [-0.39, 0.29) is 12.8 Å². The molecule has 0 aliphatic carbocycles. The van der Waals surface area contributed by atoms with Gasteiger partial charge in [0, 0.05) is 19.8 Å². The molecule has 2 aromatic carbocycles. The SMILES string of the molecule is COc1ccccc1C[C@H](NC(=O)[C@H](Cc1cccc(F)c1)NC(C)=O)C(N)=O. The summed E-state index contributed by atoms with van der Waals surface area (Å²) in [6, 6.07) is 10.8. The molecule has 0 unspecified atom stereocenters. The van der Waals surface area contributed by atoms with Crippen molar-refractivity contribution in [2.45, 2.75) is 31.8 Å². The number of hydrogen-bond donors (Lipinski definition) is 3. The third kappa shape index (κ3) is 6.60. The van der Waals surface area contributed by atoms with Crippen LogP contribution in [-0.4, -0.2) is 36.9 Å². The first-order valence-corrected chi connectivity index (χ1v) is 9.03. The largest absolute Gasteiger partial charge is 0.496 e. The first-order valence-electron chi connectivity index (χ1n) is 9.03. The van der Waals surface area contributed by atoms with Crippen LogP contribution in [0, 0.1) is 5.82 Å². The van der Waals surface area contributed by atoms with Crippen molar-refractivity contribution in [1.82, 2.24) is 10.6 Å². The number of benzene rings is 2. The molecule has 0 aliphatic heterocycles. The zero-order valence-corrected chi connectivity index (χ0v) is 16.3. The Labute approximate surface area is 168 Å². The van der Waals surface area contributed by atoms with E-state index in [0.29, 0.717) is 16.9 Å². The first-order chi connectivity index (χ1) is 13.8. The molecule has 4 N–H and O–H groups in total. The highest BCUT2D eigenvalue weighted by Crippen LogP contribution is 2.19. The number of carbonyl (C=O) groups excluding carboxylic acids is 3. The number of para-hydroxylation sites is 1. The van der Waals surface area contributed by atoms with Gasteiger partial charge in [-0.25, -0.2) is 4.39 Å². The van der Waals surface area contributed by atoms with E-state index in [1.165, 1.54) is 32.2 Å². The van der Waals surface area contributed by atoms with E-state index in [0.717, 1.165) is 0 Å². The number of primary amides is 1. The summed E-state index contributed by atoms with van der Waals surface area (Å²) in [5.74, 6) is -1.64. The molecule has 0 heterocycles. The van der Waals surface area contributed by atoms with Gasteiger partial charge in [-0.1, -0.05) is 30.3 Å². The van der Waals surface area contributed by atoms with Gasteiger partial charge in [0.25, 0.3) is 0 Å². The molecule has 0 saturated carbocycles. The molecule has 0 bridgehead atoms. The lowest BCUT2D eigenvalue weighted by atomic mass is 10.0. The van der Waals surface area contributed by atoms with Crippen LogP contribution in [0.4, 0.5) is 4.39 Å². The van der Waals surface area contributed by atoms with E-state index in [1.807, 2.05) is 0 Å². The summed E-state index contributed by atoms with van der Waals surface area (Å²) in [5, 5.41) is 5.11. The maximum Gasteiger partial charge on any atom is 0.243 e. The number of nitrogens with one attached hydrogen (secondary N) is 2. The average molecular weight is 401 g/mol. The molecule has 2 aromatic rings. The van der Waals surface area contributed by atoms with E-state index in [4.69, 9.17) is 10.5 Å². The molecule has 0 fully saturated rings. The topological polar surface area (TPSA) is 111 Å². The zero-order valence-electron chi connectivity index (χ0n) is 16.3. The highest BCUT2D eigenvalue weighted by Gasteiger charge is 2.26. The predicted octanol–water partition coefficient (Wildman–Crippen LogP) is 1.09. The predicted molar refractivity (Wildman–Crippen MR) is 106 cm³/mol. The Morgan fingerprint density at radius 1 is 1.03 bits per heavy atom. The second kappa shape index (κ2) is 10.2. The van der Waals surface area contributed by atoms with Gasteiger partial charge in [-0.15, -0.1) is 0 Å². The molecular weight excluding hydrogens is 377 g/mol. The van der Waals surface area contributed by atoms with Gasteiger partial charge in [-0.2, -0.15) is 0 Å². The highest BCUT2D eigenvalue weighted by molar-refractivity contribution is 5.91. The van der Waals surface area contributed by atoms with E-state index in [1.54, 1.807) is 30.3 Å². The monoisotopic (exact) mass is 401 g/mol. The molecule has 0 aromatic heterocycles. The fourth-order valence-corrected chi connectivity index (χ4v) is 2.94. The Morgan fingerprint density at radius 2 is 1.76 bits per heavy atom. The third-order valence-electron chi connectivity index (χ3n) is 4.30. The van der Waals surface area contributed by atoms with Gasteiger partial charge in [0.15, 0.2) is 0 Å². The summed E-state index contributed by atoms with van der Waals surface area (Å²) >= 11 is 0. The minimum atomic E-state index is -1.01. The smallest absolute Gasteiger partial charge is 0.243 e.